The van der Waals surface area contributed by atoms with Gasteiger partial charge in [0.05, 0.1) is 11.5 Å². The fraction of sp³-hybridized carbons (Fsp3) is 0.167. The van der Waals surface area contributed by atoms with Crippen molar-refractivity contribution in [3.05, 3.63) is 54.1 Å². The average molecular weight is 341 g/mol. The predicted octanol–water partition coefficient (Wildman–Crippen LogP) is 2.77. The molecule has 0 saturated carbocycles. The molecule has 0 aromatic heterocycles. The molecule has 0 radical (unpaired) electrons. The highest BCUT2D eigenvalue weighted by Crippen LogP contribution is 2.20. The summed E-state index contributed by atoms with van der Waals surface area (Å²) in [6.07, 6.45) is 0. The van der Waals surface area contributed by atoms with Gasteiger partial charge in [-0.2, -0.15) is 0 Å². The molecule has 0 amide bonds. The van der Waals surface area contributed by atoms with Crippen LogP contribution in [0.2, 0.25) is 0 Å². The Hall–Kier alpha value is -3.35. The number of anilines is 1. The van der Waals surface area contributed by atoms with Crippen LogP contribution in [0.15, 0.2) is 48.5 Å². The van der Waals surface area contributed by atoms with Crippen LogP contribution in [0.3, 0.4) is 0 Å². The first-order chi connectivity index (χ1) is 11.8. The van der Waals surface area contributed by atoms with Gasteiger partial charge in [0, 0.05) is 5.69 Å². The molecule has 7 heteroatoms. The van der Waals surface area contributed by atoms with Gasteiger partial charge >= 0.3 is 11.9 Å². The summed E-state index contributed by atoms with van der Waals surface area (Å²) in [5.41, 5.74) is 6.18. The van der Waals surface area contributed by atoms with Gasteiger partial charge in [-0.25, -0.2) is 4.79 Å². The van der Waals surface area contributed by atoms with E-state index in [4.69, 9.17) is 20.6 Å². The van der Waals surface area contributed by atoms with Crippen molar-refractivity contribution in [1.29, 1.82) is 5.41 Å². The van der Waals surface area contributed by atoms with Crippen molar-refractivity contribution in [2.24, 2.45) is 11.7 Å². The number of benzene rings is 2. The molecule has 0 atom stereocenters. The lowest BCUT2D eigenvalue weighted by molar-refractivity contribution is -0.137. The third-order valence-electron chi connectivity index (χ3n) is 3.12. The van der Waals surface area contributed by atoms with E-state index in [-0.39, 0.29) is 17.8 Å². The summed E-state index contributed by atoms with van der Waals surface area (Å²) in [7, 11) is 0. The van der Waals surface area contributed by atoms with Crippen LogP contribution in [-0.4, -0.2) is 17.9 Å². The summed E-state index contributed by atoms with van der Waals surface area (Å²) >= 11 is 0. The van der Waals surface area contributed by atoms with Crippen LogP contribution in [0.25, 0.3) is 0 Å². The second-order valence-corrected chi connectivity index (χ2v) is 5.55. The highest BCUT2D eigenvalue weighted by atomic mass is 16.5. The van der Waals surface area contributed by atoms with Crippen LogP contribution in [-0.2, 0) is 4.79 Å². The fourth-order valence-electron chi connectivity index (χ4n) is 1.82. The van der Waals surface area contributed by atoms with Crippen LogP contribution in [0.1, 0.15) is 24.2 Å². The summed E-state index contributed by atoms with van der Waals surface area (Å²) in [5.74, 6) is -0.546. The van der Waals surface area contributed by atoms with Gasteiger partial charge in [0.2, 0.25) is 0 Å². The molecular weight excluding hydrogens is 322 g/mol. The largest absolute Gasteiger partial charge is 0.426 e. The molecular formula is C18H19N3O4. The van der Waals surface area contributed by atoms with Crippen molar-refractivity contribution in [3.8, 4) is 11.5 Å². The second-order valence-electron chi connectivity index (χ2n) is 5.55. The topological polar surface area (TPSA) is 114 Å². The van der Waals surface area contributed by atoms with Crippen LogP contribution in [0.5, 0.6) is 11.5 Å². The molecule has 2 aromatic carbocycles. The van der Waals surface area contributed by atoms with Gasteiger partial charge < -0.3 is 20.5 Å². The van der Waals surface area contributed by atoms with Crippen LogP contribution >= 0.6 is 0 Å². The summed E-state index contributed by atoms with van der Waals surface area (Å²) in [5, 5.41) is 9.76. The smallest absolute Gasteiger partial charge is 0.343 e. The van der Waals surface area contributed by atoms with Crippen molar-refractivity contribution in [1.82, 2.24) is 0 Å². The van der Waals surface area contributed by atoms with E-state index < -0.39 is 5.97 Å². The third kappa shape index (κ3) is 5.35. The van der Waals surface area contributed by atoms with E-state index in [1.54, 1.807) is 62.4 Å². The first-order valence-corrected chi connectivity index (χ1v) is 7.60. The number of rotatable bonds is 5. The van der Waals surface area contributed by atoms with Crippen molar-refractivity contribution in [3.63, 3.8) is 0 Å². The Morgan fingerprint density at radius 2 is 1.48 bits per heavy atom. The first kappa shape index (κ1) is 18.0. The van der Waals surface area contributed by atoms with Gasteiger partial charge in [0.15, 0.2) is 5.96 Å². The highest BCUT2D eigenvalue weighted by Gasteiger charge is 2.11. The lowest BCUT2D eigenvalue weighted by Gasteiger charge is -2.08. The number of esters is 2. The molecule has 0 aliphatic rings. The fourth-order valence-corrected chi connectivity index (χ4v) is 1.82. The molecule has 0 spiro atoms. The van der Waals surface area contributed by atoms with Crippen LogP contribution in [0.4, 0.5) is 5.69 Å². The van der Waals surface area contributed by atoms with E-state index in [1.807, 2.05) is 0 Å². The van der Waals surface area contributed by atoms with Gasteiger partial charge in [-0.3, -0.25) is 10.2 Å². The maximum Gasteiger partial charge on any atom is 0.343 e. The van der Waals surface area contributed by atoms with E-state index in [1.165, 1.54) is 0 Å². The zero-order valence-corrected chi connectivity index (χ0v) is 13.9. The van der Waals surface area contributed by atoms with Crippen molar-refractivity contribution < 1.29 is 19.1 Å². The quantitative estimate of drug-likeness (QED) is 0.333. The van der Waals surface area contributed by atoms with Crippen LogP contribution < -0.4 is 20.5 Å². The third-order valence-corrected chi connectivity index (χ3v) is 3.12. The first-order valence-electron chi connectivity index (χ1n) is 7.60. The number of guanidine groups is 1. The Balaban J connectivity index is 1.98. The monoisotopic (exact) mass is 341 g/mol. The minimum absolute atomic E-state index is 0.186. The van der Waals surface area contributed by atoms with Crippen molar-refractivity contribution in [2.75, 3.05) is 5.32 Å². The van der Waals surface area contributed by atoms with E-state index >= 15 is 0 Å². The standard InChI is InChI=1S/C18H19N3O4/c1-11(2)16(22)24-14-7-9-15(10-8-14)25-17(23)12-3-5-13(6-4-12)21-18(19)20/h3-11H,1-2H3,(H4,19,20,21). The summed E-state index contributed by atoms with van der Waals surface area (Å²) < 4.78 is 10.4. The van der Waals surface area contributed by atoms with Gasteiger partial charge in [0.25, 0.3) is 0 Å². The molecule has 0 unspecified atom stereocenters. The summed E-state index contributed by atoms with van der Waals surface area (Å²) in [4.78, 5) is 23.6. The number of carbonyl (C=O) groups is 2. The Morgan fingerprint density at radius 1 is 0.960 bits per heavy atom. The molecule has 0 heterocycles. The second kappa shape index (κ2) is 7.96. The molecule has 0 fully saturated rings. The lowest BCUT2D eigenvalue weighted by atomic mass is 10.2. The van der Waals surface area contributed by atoms with Gasteiger partial charge in [0.1, 0.15) is 11.5 Å². The number of nitrogens with one attached hydrogen (secondary N) is 2. The zero-order chi connectivity index (χ0) is 18.4. The van der Waals surface area contributed by atoms with E-state index in [2.05, 4.69) is 5.32 Å². The maximum atomic E-state index is 12.1. The van der Waals surface area contributed by atoms with E-state index in [0.29, 0.717) is 22.7 Å². The van der Waals surface area contributed by atoms with Crippen molar-refractivity contribution in [2.45, 2.75) is 13.8 Å². The van der Waals surface area contributed by atoms with Crippen LogP contribution in [0, 0.1) is 11.3 Å². The Kier molecular flexibility index (Phi) is 5.73. The normalized spacial score (nSPS) is 10.2. The minimum Gasteiger partial charge on any atom is -0.426 e. The number of carbonyl (C=O) groups excluding carboxylic acids is 2. The van der Waals surface area contributed by atoms with Crippen molar-refractivity contribution >= 4 is 23.6 Å². The maximum absolute atomic E-state index is 12.1. The molecule has 0 saturated heterocycles. The Labute approximate surface area is 145 Å². The molecule has 130 valence electrons. The van der Waals surface area contributed by atoms with Gasteiger partial charge in [-0.05, 0) is 48.5 Å². The van der Waals surface area contributed by atoms with E-state index in [0.717, 1.165) is 0 Å². The highest BCUT2D eigenvalue weighted by molar-refractivity contribution is 5.93. The molecule has 0 aliphatic carbocycles. The zero-order valence-electron chi connectivity index (χ0n) is 13.9. The average Bonchev–Trinajstić information content (AvgIpc) is 2.56. The number of hydrogen-bond acceptors (Lipinski definition) is 5. The molecule has 25 heavy (non-hydrogen) atoms. The minimum atomic E-state index is -0.527. The molecule has 4 N–H and O–H groups in total. The molecule has 0 aliphatic heterocycles. The molecule has 2 aromatic rings. The summed E-state index contributed by atoms with van der Waals surface area (Å²) in [6.45, 7) is 3.49. The molecule has 2 rings (SSSR count). The Bertz CT molecular complexity index is 768. The molecule has 7 nitrogen and oxygen atoms in total. The SMILES string of the molecule is CC(C)C(=O)Oc1ccc(OC(=O)c2ccc(NC(=N)N)cc2)cc1. The number of hydrogen-bond donors (Lipinski definition) is 3. The summed E-state index contributed by atoms with van der Waals surface area (Å²) in [6, 6.07) is 12.6. The molecule has 0 bridgehead atoms. The Morgan fingerprint density at radius 3 is 1.96 bits per heavy atom. The predicted molar refractivity (Wildman–Crippen MR) is 93.9 cm³/mol. The van der Waals surface area contributed by atoms with Gasteiger partial charge in [-0.15, -0.1) is 0 Å². The van der Waals surface area contributed by atoms with E-state index in [9.17, 15) is 9.59 Å². The number of ether oxygens (including phenoxy) is 2. The van der Waals surface area contributed by atoms with Gasteiger partial charge in [-0.1, -0.05) is 13.8 Å². The number of nitrogens with two attached hydrogens (primary N) is 1. The lowest BCUT2D eigenvalue weighted by Crippen LogP contribution is -2.20.